The Bertz CT molecular complexity index is 834. The van der Waals surface area contributed by atoms with Gasteiger partial charge in [0, 0.05) is 23.4 Å². The van der Waals surface area contributed by atoms with Crippen LogP contribution >= 0.6 is 11.8 Å². The minimum Gasteiger partial charge on any atom is -0.494 e. The molecule has 8 heteroatoms. The molecular weight excluding hydrogens is 340 g/mol. The number of benzene rings is 2. The molecule has 0 bridgehead atoms. The molecule has 0 amide bonds. The topological polar surface area (TPSA) is 89.1 Å². The summed E-state index contributed by atoms with van der Waals surface area (Å²) in [7, 11) is 0. The maximum Gasteiger partial charge on any atom is 0.270 e. The molecule has 1 N–H and O–H groups in total. The standard InChI is InChI=1S/C17H16N4O3S/c1-2-24-15-8-6-13(7-9-15)18-17-20-19-16(11-25-17)12-4-3-5-14(10-12)21(22)23/h3-10H,2,11H2,1H3,(H,18,20). The fraction of sp³-hybridized carbons (Fsp3) is 0.176. The summed E-state index contributed by atoms with van der Waals surface area (Å²) in [6, 6.07) is 13.9. The Labute approximate surface area is 149 Å². The van der Waals surface area contributed by atoms with Gasteiger partial charge in [-0.05, 0) is 31.2 Å². The molecule has 0 aliphatic carbocycles. The predicted molar refractivity (Wildman–Crippen MR) is 99.9 cm³/mol. The van der Waals surface area contributed by atoms with Crippen LogP contribution in [-0.4, -0.2) is 28.2 Å². The third kappa shape index (κ3) is 4.36. The van der Waals surface area contributed by atoms with Crippen molar-refractivity contribution in [3.8, 4) is 5.75 Å². The zero-order chi connectivity index (χ0) is 17.6. The molecule has 0 fully saturated rings. The predicted octanol–water partition coefficient (Wildman–Crippen LogP) is 3.72. The number of non-ortho nitro benzene ring substituents is 1. The third-order valence-electron chi connectivity index (χ3n) is 3.40. The summed E-state index contributed by atoms with van der Waals surface area (Å²) in [4.78, 5) is 15.0. The fourth-order valence-electron chi connectivity index (χ4n) is 2.22. The quantitative estimate of drug-likeness (QED) is 0.651. The first-order valence-corrected chi connectivity index (χ1v) is 8.66. The average Bonchev–Trinajstić information content (AvgIpc) is 2.64. The van der Waals surface area contributed by atoms with Crippen molar-refractivity contribution in [2.75, 3.05) is 12.4 Å². The molecule has 1 aliphatic rings. The van der Waals surface area contributed by atoms with E-state index in [0.29, 0.717) is 17.5 Å². The van der Waals surface area contributed by atoms with E-state index in [0.717, 1.165) is 22.7 Å². The maximum absolute atomic E-state index is 10.9. The van der Waals surface area contributed by atoms with Gasteiger partial charge in [-0.1, -0.05) is 23.9 Å². The molecule has 1 aliphatic heterocycles. The minimum atomic E-state index is -0.410. The van der Waals surface area contributed by atoms with Gasteiger partial charge in [-0.2, -0.15) is 5.10 Å². The van der Waals surface area contributed by atoms with E-state index in [2.05, 4.69) is 15.5 Å². The van der Waals surface area contributed by atoms with Crippen LogP contribution in [0.4, 0.5) is 11.4 Å². The summed E-state index contributed by atoms with van der Waals surface area (Å²) >= 11 is 1.50. The second kappa shape index (κ2) is 7.80. The maximum atomic E-state index is 10.9. The minimum absolute atomic E-state index is 0.0547. The summed E-state index contributed by atoms with van der Waals surface area (Å²) in [6.07, 6.45) is 0. The Morgan fingerprint density at radius 2 is 2.12 bits per heavy atom. The number of ether oxygens (including phenoxy) is 1. The SMILES string of the molecule is CCOc1ccc(N=C2NN=C(c3cccc([N+](=O)[O-])c3)CS2)cc1. The molecular formula is C17H16N4O3S. The monoisotopic (exact) mass is 356 g/mol. The van der Waals surface area contributed by atoms with Crippen molar-refractivity contribution >= 4 is 34.0 Å². The van der Waals surface area contributed by atoms with E-state index >= 15 is 0 Å². The number of hydrogen-bond donors (Lipinski definition) is 1. The average molecular weight is 356 g/mol. The molecule has 25 heavy (non-hydrogen) atoms. The van der Waals surface area contributed by atoms with Gasteiger partial charge in [-0.25, -0.2) is 4.99 Å². The van der Waals surface area contributed by atoms with Gasteiger partial charge in [0.1, 0.15) is 5.75 Å². The molecule has 0 saturated carbocycles. The van der Waals surface area contributed by atoms with Crippen LogP contribution in [0.1, 0.15) is 12.5 Å². The van der Waals surface area contributed by atoms with E-state index < -0.39 is 4.92 Å². The van der Waals surface area contributed by atoms with Crippen LogP contribution in [0.3, 0.4) is 0 Å². The first-order valence-electron chi connectivity index (χ1n) is 7.67. The molecule has 2 aromatic rings. The van der Waals surface area contributed by atoms with Gasteiger partial charge in [0.15, 0.2) is 5.17 Å². The van der Waals surface area contributed by atoms with Crippen molar-refractivity contribution < 1.29 is 9.66 Å². The lowest BCUT2D eigenvalue weighted by Crippen LogP contribution is -2.25. The molecule has 7 nitrogen and oxygen atoms in total. The number of rotatable bonds is 5. The number of nitro groups is 1. The third-order valence-corrected chi connectivity index (χ3v) is 4.27. The number of thioether (sulfide) groups is 1. The summed E-state index contributed by atoms with van der Waals surface area (Å²) in [5.41, 5.74) is 5.24. The zero-order valence-electron chi connectivity index (χ0n) is 13.5. The Morgan fingerprint density at radius 1 is 1.32 bits per heavy atom. The van der Waals surface area contributed by atoms with Crippen LogP contribution in [0.2, 0.25) is 0 Å². The molecule has 2 aromatic carbocycles. The van der Waals surface area contributed by atoms with Crippen LogP contribution in [-0.2, 0) is 0 Å². The second-order valence-electron chi connectivity index (χ2n) is 5.11. The highest BCUT2D eigenvalue weighted by atomic mass is 32.2. The van der Waals surface area contributed by atoms with Crippen LogP contribution in [0, 0.1) is 10.1 Å². The Morgan fingerprint density at radius 3 is 2.76 bits per heavy atom. The molecule has 0 saturated heterocycles. The van der Waals surface area contributed by atoms with Gasteiger partial charge in [-0.3, -0.25) is 15.5 Å². The van der Waals surface area contributed by atoms with Gasteiger partial charge >= 0.3 is 0 Å². The van der Waals surface area contributed by atoms with E-state index in [4.69, 9.17) is 4.74 Å². The highest BCUT2D eigenvalue weighted by Crippen LogP contribution is 2.22. The van der Waals surface area contributed by atoms with Crippen molar-refractivity contribution in [3.05, 3.63) is 64.2 Å². The Balaban J connectivity index is 1.71. The molecule has 3 rings (SSSR count). The molecule has 1 heterocycles. The summed E-state index contributed by atoms with van der Waals surface area (Å²) in [5, 5.41) is 15.8. The number of hydrazone groups is 1. The van der Waals surface area contributed by atoms with Gasteiger partial charge in [0.25, 0.3) is 5.69 Å². The van der Waals surface area contributed by atoms with Crippen molar-refractivity contribution in [1.82, 2.24) is 5.43 Å². The highest BCUT2D eigenvalue weighted by molar-refractivity contribution is 8.14. The van der Waals surface area contributed by atoms with Crippen molar-refractivity contribution in [3.63, 3.8) is 0 Å². The molecule has 0 unspecified atom stereocenters. The molecule has 0 spiro atoms. The van der Waals surface area contributed by atoms with E-state index in [9.17, 15) is 10.1 Å². The normalized spacial score (nSPS) is 15.4. The molecule has 0 radical (unpaired) electrons. The lowest BCUT2D eigenvalue weighted by molar-refractivity contribution is -0.384. The molecule has 128 valence electrons. The highest BCUT2D eigenvalue weighted by Gasteiger charge is 2.15. The first-order chi connectivity index (χ1) is 12.2. The van der Waals surface area contributed by atoms with E-state index in [-0.39, 0.29) is 5.69 Å². The number of hydrogen-bond acceptors (Lipinski definition) is 6. The van der Waals surface area contributed by atoms with Crippen molar-refractivity contribution in [1.29, 1.82) is 0 Å². The van der Waals surface area contributed by atoms with Crippen molar-refractivity contribution in [2.24, 2.45) is 10.1 Å². The smallest absolute Gasteiger partial charge is 0.270 e. The largest absolute Gasteiger partial charge is 0.494 e. The first kappa shape index (κ1) is 17.0. The summed E-state index contributed by atoms with van der Waals surface area (Å²) in [5.74, 6) is 1.39. The molecule has 0 aromatic heterocycles. The Kier molecular flexibility index (Phi) is 5.30. The summed E-state index contributed by atoms with van der Waals surface area (Å²) in [6.45, 7) is 2.56. The van der Waals surface area contributed by atoms with Gasteiger partial charge in [0.05, 0.1) is 22.9 Å². The van der Waals surface area contributed by atoms with Crippen LogP contribution in [0.25, 0.3) is 0 Å². The van der Waals surface area contributed by atoms with Gasteiger partial charge in [0.2, 0.25) is 0 Å². The number of aliphatic imine (C=N–C) groups is 1. The lowest BCUT2D eigenvalue weighted by Gasteiger charge is -2.14. The number of nitrogens with one attached hydrogen (secondary N) is 1. The van der Waals surface area contributed by atoms with Crippen LogP contribution in [0.5, 0.6) is 5.75 Å². The fourth-order valence-corrected chi connectivity index (χ4v) is 3.01. The zero-order valence-corrected chi connectivity index (χ0v) is 14.3. The Hall–Kier alpha value is -2.87. The number of nitro benzene ring substituents is 1. The summed E-state index contributed by atoms with van der Waals surface area (Å²) < 4.78 is 5.40. The van der Waals surface area contributed by atoms with E-state index in [1.165, 1.54) is 23.9 Å². The van der Waals surface area contributed by atoms with E-state index in [1.807, 2.05) is 37.3 Å². The van der Waals surface area contributed by atoms with Crippen LogP contribution in [0.15, 0.2) is 58.6 Å². The van der Waals surface area contributed by atoms with Crippen molar-refractivity contribution in [2.45, 2.75) is 6.92 Å². The van der Waals surface area contributed by atoms with Crippen LogP contribution < -0.4 is 10.2 Å². The van der Waals surface area contributed by atoms with E-state index in [1.54, 1.807) is 6.07 Å². The lowest BCUT2D eigenvalue weighted by atomic mass is 10.1. The van der Waals surface area contributed by atoms with Gasteiger partial charge < -0.3 is 4.74 Å². The molecule has 0 atom stereocenters. The second-order valence-corrected chi connectivity index (χ2v) is 6.07. The number of nitrogens with zero attached hydrogens (tertiary/aromatic N) is 3. The number of amidine groups is 1. The van der Waals surface area contributed by atoms with Gasteiger partial charge in [-0.15, -0.1) is 0 Å².